The first-order valence-electron chi connectivity index (χ1n) is 20.2. The van der Waals surface area contributed by atoms with Crippen molar-refractivity contribution in [3.8, 4) is 0 Å². The zero-order chi connectivity index (χ0) is 38.8. The normalized spacial score (nSPS) is 11.9. The van der Waals surface area contributed by atoms with Crippen LogP contribution >= 0.6 is 0 Å². The lowest BCUT2D eigenvalue weighted by molar-refractivity contribution is 0.866. The predicted molar refractivity (Wildman–Crippen MR) is 244 cm³/mol. The number of hydrogen-bond donors (Lipinski definition) is 0. The van der Waals surface area contributed by atoms with Crippen LogP contribution in [0, 0.1) is 27.7 Å². The van der Waals surface area contributed by atoms with E-state index in [1.165, 1.54) is 99.2 Å². The first-order valence-corrected chi connectivity index (χ1v) is 20.2. The van der Waals surface area contributed by atoms with Crippen molar-refractivity contribution >= 4 is 77.2 Å². The molecule has 0 aromatic heterocycles. The molecule has 9 rings (SSSR count). The Morgan fingerprint density at radius 3 is 1.02 bits per heavy atom. The topological polar surface area (TPSA) is 6.48 Å². The zero-order valence-electron chi connectivity index (χ0n) is 33.9. The van der Waals surface area contributed by atoms with Crippen LogP contribution in [0.25, 0.3) is 43.1 Å². The molecule has 276 valence electrons. The summed E-state index contributed by atoms with van der Waals surface area (Å²) >= 11 is 0. The van der Waals surface area contributed by atoms with E-state index in [9.17, 15) is 0 Å². The molecule has 2 nitrogen and oxygen atoms in total. The molecule has 0 fully saturated rings. The van der Waals surface area contributed by atoms with Crippen molar-refractivity contribution in [2.24, 2.45) is 0 Å². The fourth-order valence-electron chi connectivity index (χ4n) is 8.67. The number of anilines is 6. The molecule has 56 heavy (non-hydrogen) atoms. The van der Waals surface area contributed by atoms with Crippen LogP contribution in [0.1, 0.15) is 72.9 Å². The van der Waals surface area contributed by atoms with Gasteiger partial charge in [0, 0.05) is 33.5 Å². The van der Waals surface area contributed by atoms with E-state index in [4.69, 9.17) is 0 Å². The third-order valence-corrected chi connectivity index (χ3v) is 12.2. The van der Waals surface area contributed by atoms with Gasteiger partial charge in [0.1, 0.15) is 0 Å². The van der Waals surface area contributed by atoms with Crippen molar-refractivity contribution in [2.45, 2.75) is 67.2 Å². The molecule has 2 heteroatoms. The molecular weight excluding hydrogens is 677 g/mol. The smallest absolute Gasteiger partial charge is 0.0540 e. The minimum absolute atomic E-state index is 0.474. The third kappa shape index (κ3) is 5.87. The van der Waals surface area contributed by atoms with E-state index in [0.717, 1.165) is 11.4 Å². The molecule has 0 aliphatic carbocycles. The molecule has 0 amide bonds. The summed E-state index contributed by atoms with van der Waals surface area (Å²) in [7, 11) is 0. The average molecular weight is 727 g/mol. The van der Waals surface area contributed by atoms with Crippen molar-refractivity contribution < 1.29 is 0 Å². The number of hydrogen-bond acceptors (Lipinski definition) is 2. The summed E-state index contributed by atoms with van der Waals surface area (Å²) in [6, 6.07) is 55.2. The molecule has 0 aliphatic heterocycles. The second-order valence-electron chi connectivity index (χ2n) is 16.4. The van der Waals surface area contributed by atoms with E-state index < -0.39 is 0 Å². The molecule has 0 aliphatic rings. The van der Waals surface area contributed by atoms with Crippen molar-refractivity contribution in [2.75, 3.05) is 9.80 Å². The van der Waals surface area contributed by atoms with E-state index in [2.05, 4.69) is 211 Å². The number of fused-ring (bicyclic) bond motifs is 2. The maximum absolute atomic E-state index is 2.45. The second-order valence-corrected chi connectivity index (χ2v) is 16.4. The Balaban J connectivity index is 1.29. The van der Waals surface area contributed by atoms with Crippen LogP contribution in [0.3, 0.4) is 0 Å². The number of rotatable bonds is 8. The first-order chi connectivity index (χ1) is 27.1. The summed E-state index contributed by atoms with van der Waals surface area (Å²) < 4.78 is 0. The van der Waals surface area contributed by atoms with Crippen LogP contribution in [-0.2, 0) is 0 Å². The van der Waals surface area contributed by atoms with Gasteiger partial charge in [0.2, 0.25) is 0 Å². The Hall–Kier alpha value is -6.12. The lowest BCUT2D eigenvalue weighted by atomic mass is 9.88. The molecule has 9 aromatic rings. The van der Waals surface area contributed by atoms with Crippen LogP contribution in [0.4, 0.5) is 34.1 Å². The van der Waals surface area contributed by atoms with Gasteiger partial charge in [0.25, 0.3) is 0 Å². The maximum Gasteiger partial charge on any atom is 0.0540 e. The largest absolute Gasteiger partial charge is 0.310 e. The van der Waals surface area contributed by atoms with Gasteiger partial charge in [-0.05, 0) is 166 Å². The number of aryl methyl sites for hydroxylation is 4. The van der Waals surface area contributed by atoms with Gasteiger partial charge in [-0.2, -0.15) is 0 Å². The molecule has 0 N–H and O–H groups in total. The Labute approximate surface area is 332 Å². The van der Waals surface area contributed by atoms with E-state index in [-0.39, 0.29) is 0 Å². The van der Waals surface area contributed by atoms with Crippen LogP contribution in [-0.4, -0.2) is 0 Å². The highest BCUT2D eigenvalue weighted by Gasteiger charge is 2.23. The lowest BCUT2D eigenvalue weighted by Gasteiger charge is -2.30. The molecule has 0 spiro atoms. The summed E-state index contributed by atoms with van der Waals surface area (Å²) in [5, 5.41) is 10.2. The fraction of sp³-hybridized carbons (Fsp3) is 0.185. The molecule has 0 saturated carbocycles. The fourth-order valence-corrected chi connectivity index (χ4v) is 8.67. The molecular formula is C54H50N2. The lowest BCUT2D eigenvalue weighted by Crippen LogP contribution is -2.12. The Morgan fingerprint density at radius 1 is 0.321 bits per heavy atom. The van der Waals surface area contributed by atoms with Gasteiger partial charge in [0.15, 0.2) is 0 Å². The predicted octanol–water partition coefficient (Wildman–Crippen LogP) is 16.2. The summed E-state index contributed by atoms with van der Waals surface area (Å²) in [6.45, 7) is 17.8. The van der Waals surface area contributed by atoms with Crippen LogP contribution < -0.4 is 9.80 Å². The van der Waals surface area contributed by atoms with Gasteiger partial charge in [-0.25, -0.2) is 0 Å². The highest BCUT2D eigenvalue weighted by atomic mass is 15.1. The molecule has 0 heterocycles. The van der Waals surface area contributed by atoms with E-state index in [0.29, 0.717) is 11.8 Å². The van der Waals surface area contributed by atoms with Gasteiger partial charge in [-0.15, -0.1) is 0 Å². The summed E-state index contributed by atoms with van der Waals surface area (Å²) in [6.07, 6.45) is 0. The van der Waals surface area contributed by atoms with Crippen LogP contribution in [0.15, 0.2) is 146 Å². The van der Waals surface area contributed by atoms with Gasteiger partial charge in [0.05, 0.1) is 11.4 Å². The average Bonchev–Trinajstić information content (AvgIpc) is 3.21. The molecule has 0 radical (unpaired) electrons. The van der Waals surface area contributed by atoms with Crippen molar-refractivity contribution in [1.29, 1.82) is 0 Å². The molecule has 9 aromatic carbocycles. The molecule has 0 bridgehead atoms. The Bertz CT molecular complexity index is 2680. The second kappa shape index (κ2) is 13.9. The van der Waals surface area contributed by atoms with Gasteiger partial charge < -0.3 is 9.80 Å². The summed E-state index contributed by atoms with van der Waals surface area (Å²) in [4.78, 5) is 4.90. The van der Waals surface area contributed by atoms with Gasteiger partial charge in [-0.3, -0.25) is 0 Å². The molecule has 0 atom stereocenters. The van der Waals surface area contributed by atoms with Crippen LogP contribution in [0.2, 0.25) is 0 Å². The number of nitrogens with zero attached hydrogens (tertiary/aromatic N) is 2. The standard InChI is InChI=1S/C54H50N2/c1-33(2)39-17-23-41(24-18-39)55(43-21-15-35(5)37(7)31-43)51-29-27-47-48-28-30-52(50-14-10-12-46(54(48)50)45-11-9-13-49(51)53(45)47)56(44-22-16-36(6)38(8)32-44)42-25-19-40(20-26-42)34(3)4/h9-34H,1-8H3. The highest BCUT2D eigenvalue weighted by Crippen LogP contribution is 2.49. The maximum atomic E-state index is 2.45. The van der Waals surface area contributed by atoms with Crippen molar-refractivity contribution in [1.82, 2.24) is 0 Å². The van der Waals surface area contributed by atoms with E-state index in [1.807, 2.05) is 0 Å². The monoisotopic (exact) mass is 726 g/mol. The first kappa shape index (κ1) is 35.6. The van der Waals surface area contributed by atoms with Crippen molar-refractivity contribution in [3.05, 3.63) is 179 Å². The SMILES string of the molecule is Cc1ccc(N(c2ccc(C(C)C)cc2)c2ccc3c4ccc(N(c5ccc(C(C)C)cc5)c5ccc(C)c(C)c5)c5cccc(c6cccc2c63)c54)cc1C. The summed E-state index contributed by atoms with van der Waals surface area (Å²) in [5.41, 5.74) is 14.9. The molecule has 0 saturated heterocycles. The van der Waals surface area contributed by atoms with E-state index in [1.54, 1.807) is 0 Å². The van der Waals surface area contributed by atoms with Gasteiger partial charge in [-0.1, -0.05) is 113 Å². The van der Waals surface area contributed by atoms with Crippen molar-refractivity contribution in [3.63, 3.8) is 0 Å². The molecule has 0 unspecified atom stereocenters. The minimum atomic E-state index is 0.474. The summed E-state index contributed by atoms with van der Waals surface area (Å²) in [5.74, 6) is 0.947. The Kier molecular flexibility index (Phi) is 8.81. The number of benzene rings is 9. The Morgan fingerprint density at radius 2 is 0.661 bits per heavy atom. The third-order valence-electron chi connectivity index (χ3n) is 12.2. The highest BCUT2D eigenvalue weighted by molar-refractivity contribution is 6.35. The minimum Gasteiger partial charge on any atom is -0.310 e. The van der Waals surface area contributed by atoms with Gasteiger partial charge >= 0.3 is 0 Å². The van der Waals surface area contributed by atoms with Crippen LogP contribution in [0.5, 0.6) is 0 Å². The van der Waals surface area contributed by atoms with E-state index >= 15 is 0 Å². The quantitative estimate of drug-likeness (QED) is 0.114. The zero-order valence-corrected chi connectivity index (χ0v) is 33.9.